The molecule has 2 N–H and O–H groups in total. The van der Waals surface area contributed by atoms with Crippen LogP contribution in [0.2, 0.25) is 5.02 Å². The third-order valence-electron chi connectivity index (χ3n) is 5.56. The molecule has 27 heavy (non-hydrogen) atoms. The maximum atomic E-state index is 12.8. The number of carbonyl (C=O) groups is 1. The summed E-state index contributed by atoms with van der Waals surface area (Å²) in [5.41, 5.74) is 1.49. The Bertz CT molecular complexity index is 754. The molecule has 2 aliphatic rings. The van der Waals surface area contributed by atoms with Gasteiger partial charge in [-0.15, -0.1) is 17.5 Å². The Morgan fingerprint density at radius 3 is 2.52 bits per heavy atom. The summed E-state index contributed by atoms with van der Waals surface area (Å²) in [6, 6.07) is 8.07. The number of carbonyl (C=O) groups excluding carboxylic acids is 1. The first-order valence-corrected chi connectivity index (χ1v) is 9.77. The molecule has 6 nitrogen and oxygen atoms in total. The van der Waals surface area contributed by atoms with Gasteiger partial charge < -0.3 is 10.6 Å². The predicted molar refractivity (Wildman–Crippen MR) is 107 cm³/mol. The number of hydrogen-bond donors (Lipinski definition) is 2. The van der Waals surface area contributed by atoms with Crippen LogP contribution in [0.1, 0.15) is 60.2 Å². The van der Waals surface area contributed by atoms with Gasteiger partial charge in [0.05, 0.1) is 18.3 Å². The van der Waals surface area contributed by atoms with E-state index in [1.165, 1.54) is 6.42 Å². The van der Waals surface area contributed by atoms with Crippen LogP contribution in [0.15, 0.2) is 30.5 Å². The minimum Gasteiger partial charge on any atom is -0.344 e. The molecular weight excluding hydrogens is 385 g/mol. The van der Waals surface area contributed by atoms with Crippen molar-refractivity contribution in [3.63, 3.8) is 0 Å². The summed E-state index contributed by atoms with van der Waals surface area (Å²) in [4.78, 5) is 12.8. The molecule has 2 fully saturated rings. The van der Waals surface area contributed by atoms with Crippen LogP contribution in [0.4, 0.5) is 0 Å². The lowest BCUT2D eigenvalue weighted by atomic mass is 9.77. The summed E-state index contributed by atoms with van der Waals surface area (Å²) in [5.74, 6) is 0.316. The van der Waals surface area contributed by atoms with Crippen molar-refractivity contribution in [1.82, 2.24) is 25.6 Å². The summed E-state index contributed by atoms with van der Waals surface area (Å²) in [5, 5.41) is 15.5. The van der Waals surface area contributed by atoms with Crippen LogP contribution in [0.25, 0.3) is 0 Å². The summed E-state index contributed by atoms with van der Waals surface area (Å²) < 4.78 is 1.84. The second-order valence-corrected chi connectivity index (χ2v) is 7.70. The molecule has 1 saturated heterocycles. The topological polar surface area (TPSA) is 71.8 Å². The van der Waals surface area contributed by atoms with E-state index < -0.39 is 0 Å². The van der Waals surface area contributed by atoms with Gasteiger partial charge in [-0.25, -0.2) is 4.68 Å². The summed E-state index contributed by atoms with van der Waals surface area (Å²) >= 11 is 6.01. The maximum absolute atomic E-state index is 12.8. The molecule has 1 atom stereocenters. The number of halogens is 2. The average molecular weight is 410 g/mol. The van der Waals surface area contributed by atoms with Crippen molar-refractivity contribution >= 4 is 29.9 Å². The van der Waals surface area contributed by atoms with E-state index in [2.05, 4.69) is 20.9 Å². The highest BCUT2D eigenvalue weighted by Gasteiger charge is 2.30. The van der Waals surface area contributed by atoms with Gasteiger partial charge in [0.2, 0.25) is 0 Å². The van der Waals surface area contributed by atoms with Crippen molar-refractivity contribution in [2.24, 2.45) is 5.92 Å². The van der Waals surface area contributed by atoms with E-state index >= 15 is 0 Å². The van der Waals surface area contributed by atoms with Gasteiger partial charge in [0.1, 0.15) is 0 Å². The molecule has 1 aliphatic heterocycles. The molecule has 1 unspecified atom stereocenters. The SMILES string of the molecule is Cl.O=C(NC(c1ccc(Cl)cc1)C1CCC1)c1cn(C2CCNCC2)nn1. The lowest BCUT2D eigenvalue weighted by molar-refractivity contribution is 0.0895. The van der Waals surface area contributed by atoms with E-state index in [-0.39, 0.29) is 24.4 Å². The second-order valence-electron chi connectivity index (χ2n) is 7.26. The molecule has 1 amide bonds. The van der Waals surface area contributed by atoms with Gasteiger partial charge in [-0.1, -0.05) is 35.4 Å². The lowest BCUT2D eigenvalue weighted by Gasteiger charge is -2.34. The molecule has 146 valence electrons. The van der Waals surface area contributed by atoms with Crippen LogP contribution in [0.5, 0.6) is 0 Å². The molecule has 2 aromatic rings. The highest BCUT2D eigenvalue weighted by atomic mass is 35.5. The first-order chi connectivity index (χ1) is 12.7. The smallest absolute Gasteiger partial charge is 0.273 e. The van der Waals surface area contributed by atoms with Crippen LogP contribution in [-0.4, -0.2) is 34.0 Å². The van der Waals surface area contributed by atoms with Crippen LogP contribution in [0.3, 0.4) is 0 Å². The Morgan fingerprint density at radius 1 is 1.19 bits per heavy atom. The third kappa shape index (κ3) is 4.62. The van der Waals surface area contributed by atoms with Gasteiger partial charge in [-0.2, -0.15) is 0 Å². The van der Waals surface area contributed by atoms with Gasteiger partial charge in [0, 0.05) is 5.02 Å². The quantitative estimate of drug-likeness (QED) is 0.791. The molecule has 1 saturated carbocycles. The fraction of sp³-hybridized carbons (Fsp3) is 0.526. The Balaban J connectivity index is 0.00000210. The van der Waals surface area contributed by atoms with Gasteiger partial charge in [0.25, 0.3) is 5.91 Å². The first kappa shape index (κ1) is 20.1. The van der Waals surface area contributed by atoms with Crippen molar-refractivity contribution in [3.05, 3.63) is 46.7 Å². The van der Waals surface area contributed by atoms with Crippen molar-refractivity contribution in [3.8, 4) is 0 Å². The van der Waals surface area contributed by atoms with E-state index in [1.807, 2.05) is 28.9 Å². The number of piperidine rings is 1. The first-order valence-electron chi connectivity index (χ1n) is 9.39. The molecular formula is C19H25Cl2N5O. The molecule has 0 bridgehead atoms. The highest BCUT2D eigenvalue weighted by molar-refractivity contribution is 6.30. The van der Waals surface area contributed by atoms with Gasteiger partial charge in [-0.3, -0.25) is 4.79 Å². The van der Waals surface area contributed by atoms with Crippen molar-refractivity contribution in [1.29, 1.82) is 0 Å². The number of hydrogen-bond acceptors (Lipinski definition) is 4. The maximum Gasteiger partial charge on any atom is 0.273 e. The zero-order valence-corrected chi connectivity index (χ0v) is 16.7. The zero-order valence-electron chi connectivity index (χ0n) is 15.1. The van der Waals surface area contributed by atoms with Gasteiger partial charge >= 0.3 is 0 Å². The molecule has 0 spiro atoms. The van der Waals surface area contributed by atoms with Gasteiger partial charge in [0.15, 0.2) is 5.69 Å². The summed E-state index contributed by atoms with van der Waals surface area (Å²) in [6.45, 7) is 1.96. The van der Waals surface area contributed by atoms with Crippen molar-refractivity contribution in [2.75, 3.05) is 13.1 Å². The normalized spacial score (nSPS) is 19.0. The number of nitrogens with zero attached hydrogens (tertiary/aromatic N) is 3. The Kier molecular flexibility index (Phi) is 6.73. The number of aromatic nitrogens is 3. The van der Waals surface area contributed by atoms with Crippen LogP contribution < -0.4 is 10.6 Å². The molecule has 0 radical (unpaired) electrons. The Morgan fingerprint density at radius 2 is 1.89 bits per heavy atom. The molecule has 8 heteroatoms. The fourth-order valence-electron chi connectivity index (χ4n) is 3.76. The molecule has 1 aromatic carbocycles. The minimum atomic E-state index is -0.156. The van der Waals surface area contributed by atoms with E-state index in [9.17, 15) is 4.79 Å². The van der Waals surface area contributed by atoms with E-state index in [0.29, 0.717) is 22.7 Å². The Labute approximate surface area is 170 Å². The monoisotopic (exact) mass is 409 g/mol. The Hall–Kier alpha value is -1.63. The highest BCUT2D eigenvalue weighted by Crippen LogP contribution is 2.38. The van der Waals surface area contributed by atoms with Gasteiger partial charge in [-0.05, 0) is 62.4 Å². The van der Waals surface area contributed by atoms with Crippen LogP contribution >= 0.6 is 24.0 Å². The zero-order chi connectivity index (χ0) is 17.9. The van der Waals surface area contributed by atoms with Crippen molar-refractivity contribution < 1.29 is 4.79 Å². The molecule has 1 aliphatic carbocycles. The average Bonchev–Trinajstić information content (AvgIpc) is 3.11. The second kappa shape index (κ2) is 9.04. The van der Waals surface area contributed by atoms with E-state index in [0.717, 1.165) is 44.3 Å². The largest absolute Gasteiger partial charge is 0.344 e. The summed E-state index contributed by atoms with van der Waals surface area (Å²) in [6.07, 6.45) is 7.30. The van der Waals surface area contributed by atoms with Crippen molar-refractivity contribution in [2.45, 2.75) is 44.2 Å². The number of rotatable bonds is 5. The van der Waals surface area contributed by atoms with Crippen LogP contribution in [-0.2, 0) is 0 Å². The van der Waals surface area contributed by atoms with E-state index in [1.54, 1.807) is 6.20 Å². The standard InChI is InChI=1S/C19H24ClN5O.ClH/c20-15-6-4-14(5-7-15)18(13-2-1-3-13)22-19(26)17-12-25(24-23-17)16-8-10-21-11-9-16;/h4-7,12-13,16,18,21H,1-3,8-11H2,(H,22,26);1H. The van der Waals surface area contributed by atoms with Crippen LogP contribution in [0, 0.1) is 5.92 Å². The summed E-state index contributed by atoms with van der Waals surface area (Å²) in [7, 11) is 0. The van der Waals surface area contributed by atoms with E-state index in [4.69, 9.17) is 11.6 Å². The molecule has 4 rings (SSSR count). The number of amides is 1. The molecule has 1 aromatic heterocycles. The predicted octanol–water partition coefficient (Wildman–Crippen LogP) is 3.55. The number of nitrogens with one attached hydrogen (secondary N) is 2. The lowest BCUT2D eigenvalue weighted by Crippen LogP contribution is -2.36. The minimum absolute atomic E-state index is 0. The number of benzene rings is 1. The fourth-order valence-corrected chi connectivity index (χ4v) is 3.89. The third-order valence-corrected chi connectivity index (χ3v) is 5.81. The molecule has 2 heterocycles.